The maximum atomic E-state index is 9.70. The molecule has 0 spiro atoms. The monoisotopic (exact) mass is 380 g/mol. The van der Waals surface area contributed by atoms with Crippen LogP contribution in [0.4, 0.5) is 0 Å². The minimum Gasteiger partial charge on any atom is -0.388 e. The minimum atomic E-state index is -0.623. The van der Waals surface area contributed by atoms with Crippen molar-refractivity contribution in [3.63, 3.8) is 0 Å². The Morgan fingerprint density at radius 2 is 0.808 bits per heavy atom. The van der Waals surface area contributed by atoms with Gasteiger partial charge in [0, 0.05) is 13.2 Å². The van der Waals surface area contributed by atoms with E-state index in [0.717, 1.165) is 38.9 Å². The van der Waals surface area contributed by atoms with Crippen LogP contribution in [0, 0.1) is 0 Å². The van der Waals surface area contributed by atoms with Crippen molar-refractivity contribution in [3.05, 3.63) is 0 Å². The standard InChI is InChI=1S/C19H40O7/c1-3-5-7-21-9-10-23-11-12-24-14-16-26-18-19(20)17-25-15-13-22-8-6-4-2/h19-20H,3-18H2,1-2H3. The molecule has 1 atom stereocenters. The van der Waals surface area contributed by atoms with Crippen molar-refractivity contribution in [2.45, 2.75) is 45.6 Å². The summed E-state index contributed by atoms with van der Waals surface area (Å²) in [5.41, 5.74) is 0. The summed E-state index contributed by atoms with van der Waals surface area (Å²) in [6.45, 7) is 10.6. The van der Waals surface area contributed by atoms with E-state index in [9.17, 15) is 5.11 Å². The molecule has 1 N–H and O–H groups in total. The van der Waals surface area contributed by atoms with Crippen molar-refractivity contribution >= 4 is 0 Å². The molecular weight excluding hydrogens is 340 g/mol. The Morgan fingerprint density at radius 3 is 1.15 bits per heavy atom. The highest BCUT2D eigenvalue weighted by atomic mass is 16.6. The molecule has 0 aliphatic heterocycles. The van der Waals surface area contributed by atoms with Crippen molar-refractivity contribution in [2.75, 3.05) is 79.3 Å². The first-order valence-electron chi connectivity index (χ1n) is 9.95. The summed E-state index contributed by atoms with van der Waals surface area (Å²) < 4.78 is 32.2. The van der Waals surface area contributed by atoms with Crippen LogP contribution in [-0.4, -0.2) is 90.5 Å². The quantitative estimate of drug-likeness (QED) is 0.288. The van der Waals surface area contributed by atoms with Crippen LogP contribution in [0.5, 0.6) is 0 Å². The van der Waals surface area contributed by atoms with E-state index in [1.165, 1.54) is 0 Å². The molecule has 7 heteroatoms. The van der Waals surface area contributed by atoms with Crippen molar-refractivity contribution in [2.24, 2.45) is 0 Å². The van der Waals surface area contributed by atoms with E-state index in [2.05, 4.69) is 13.8 Å². The van der Waals surface area contributed by atoms with Gasteiger partial charge in [0.25, 0.3) is 0 Å². The smallest absolute Gasteiger partial charge is 0.101 e. The Morgan fingerprint density at radius 1 is 0.500 bits per heavy atom. The second-order valence-corrected chi connectivity index (χ2v) is 5.96. The van der Waals surface area contributed by atoms with E-state index in [0.29, 0.717) is 52.9 Å². The van der Waals surface area contributed by atoms with Crippen molar-refractivity contribution < 1.29 is 33.5 Å². The fourth-order valence-electron chi connectivity index (χ4n) is 1.86. The van der Waals surface area contributed by atoms with Crippen LogP contribution in [-0.2, 0) is 28.4 Å². The number of aliphatic hydroxyl groups excluding tert-OH is 1. The summed E-state index contributed by atoms with van der Waals surface area (Å²) in [7, 11) is 0. The third-order valence-corrected chi connectivity index (χ3v) is 3.39. The second-order valence-electron chi connectivity index (χ2n) is 5.96. The summed E-state index contributed by atoms with van der Waals surface area (Å²) >= 11 is 0. The molecule has 0 aliphatic carbocycles. The van der Waals surface area contributed by atoms with Gasteiger partial charge >= 0.3 is 0 Å². The molecule has 0 bridgehead atoms. The first-order valence-corrected chi connectivity index (χ1v) is 9.95. The summed E-state index contributed by atoms with van der Waals surface area (Å²) in [6, 6.07) is 0. The van der Waals surface area contributed by atoms with Crippen LogP contribution in [0.2, 0.25) is 0 Å². The molecule has 0 aromatic rings. The largest absolute Gasteiger partial charge is 0.388 e. The molecule has 0 heterocycles. The SMILES string of the molecule is CCCCOCCOCCOCCOCC(O)COCCOCCCC. The molecule has 0 aliphatic rings. The summed E-state index contributed by atoms with van der Waals surface area (Å²) in [5.74, 6) is 0. The molecule has 26 heavy (non-hydrogen) atoms. The molecule has 0 aromatic heterocycles. The van der Waals surface area contributed by atoms with E-state index in [1.807, 2.05) is 0 Å². The zero-order valence-corrected chi connectivity index (χ0v) is 16.8. The van der Waals surface area contributed by atoms with E-state index in [-0.39, 0.29) is 13.2 Å². The van der Waals surface area contributed by atoms with Gasteiger partial charge in [-0.15, -0.1) is 0 Å². The molecule has 0 aromatic carbocycles. The first-order chi connectivity index (χ1) is 12.8. The first kappa shape index (κ1) is 25.7. The molecule has 1 unspecified atom stereocenters. The Balaban J connectivity index is 3.10. The maximum absolute atomic E-state index is 9.70. The van der Waals surface area contributed by atoms with Crippen LogP contribution < -0.4 is 0 Å². The molecule has 0 saturated carbocycles. The minimum absolute atomic E-state index is 0.242. The fourth-order valence-corrected chi connectivity index (χ4v) is 1.86. The van der Waals surface area contributed by atoms with Crippen LogP contribution in [0.15, 0.2) is 0 Å². The van der Waals surface area contributed by atoms with Gasteiger partial charge in [0.05, 0.1) is 66.1 Å². The van der Waals surface area contributed by atoms with Crippen LogP contribution in [0.1, 0.15) is 39.5 Å². The molecular formula is C19H40O7. The van der Waals surface area contributed by atoms with Gasteiger partial charge in [-0.05, 0) is 12.8 Å². The lowest BCUT2D eigenvalue weighted by atomic mass is 10.4. The van der Waals surface area contributed by atoms with Gasteiger partial charge in [-0.3, -0.25) is 0 Å². The topological polar surface area (TPSA) is 75.6 Å². The molecule has 158 valence electrons. The lowest BCUT2D eigenvalue weighted by Crippen LogP contribution is -2.24. The van der Waals surface area contributed by atoms with Crippen molar-refractivity contribution in [1.82, 2.24) is 0 Å². The Hall–Kier alpha value is -0.280. The van der Waals surface area contributed by atoms with E-state index in [4.69, 9.17) is 28.4 Å². The highest BCUT2D eigenvalue weighted by molar-refractivity contribution is 4.51. The normalized spacial score (nSPS) is 12.6. The average Bonchev–Trinajstić information content (AvgIpc) is 2.64. The van der Waals surface area contributed by atoms with E-state index < -0.39 is 6.10 Å². The van der Waals surface area contributed by atoms with Crippen LogP contribution in [0.3, 0.4) is 0 Å². The molecule has 0 amide bonds. The predicted molar refractivity (Wildman–Crippen MR) is 101 cm³/mol. The van der Waals surface area contributed by atoms with Gasteiger partial charge in [0.2, 0.25) is 0 Å². The van der Waals surface area contributed by atoms with Gasteiger partial charge in [-0.25, -0.2) is 0 Å². The molecule has 0 fully saturated rings. The lowest BCUT2D eigenvalue weighted by molar-refractivity contribution is -0.0455. The highest BCUT2D eigenvalue weighted by Gasteiger charge is 2.04. The zero-order chi connectivity index (χ0) is 19.1. The summed E-state index contributed by atoms with van der Waals surface area (Å²) in [5, 5.41) is 9.70. The van der Waals surface area contributed by atoms with Crippen molar-refractivity contribution in [3.8, 4) is 0 Å². The van der Waals surface area contributed by atoms with Crippen molar-refractivity contribution in [1.29, 1.82) is 0 Å². The molecule has 7 nitrogen and oxygen atoms in total. The molecule has 0 rings (SSSR count). The van der Waals surface area contributed by atoms with Gasteiger partial charge in [0.1, 0.15) is 6.10 Å². The van der Waals surface area contributed by atoms with Gasteiger partial charge < -0.3 is 33.5 Å². The lowest BCUT2D eigenvalue weighted by Gasteiger charge is -2.12. The number of hydrogen-bond donors (Lipinski definition) is 1. The third-order valence-electron chi connectivity index (χ3n) is 3.39. The Labute approximate surface area is 159 Å². The number of hydrogen-bond acceptors (Lipinski definition) is 7. The Kier molecular flexibility index (Phi) is 22.5. The number of aliphatic hydroxyl groups is 1. The van der Waals surface area contributed by atoms with Crippen LogP contribution in [0.25, 0.3) is 0 Å². The Bertz CT molecular complexity index is 254. The summed E-state index contributed by atoms with van der Waals surface area (Å²) in [6.07, 6.45) is 3.81. The molecule has 0 saturated heterocycles. The van der Waals surface area contributed by atoms with E-state index in [1.54, 1.807) is 0 Å². The number of rotatable bonds is 22. The highest BCUT2D eigenvalue weighted by Crippen LogP contribution is 1.91. The maximum Gasteiger partial charge on any atom is 0.101 e. The van der Waals surface area contributed by atoms with Gasteiger partial charge in [-0.2, -0.15) is 0 Å². The predicted octanol–water partition coefficient (Wildman–Crippen LogP) is 2.05. The zero-order valence-electron chi connectivity index (χ0n) is 16.8. The van der Waals surface area contributed by atoms with Crippen LogP contribution >= 0.6 is 0 Å². The van der Waals surface area contributed by atoms with E-state index >= 15 is 0 Å². The second kappa shape index (κ2) is 22.8. The molecule has 0 radical (unpaired) electrons. The average molecular weight is 381 g/mol. The number of ether oxygens (including phenoxy) is 6. The summed E-state index contributed by atoms with van der Waals surface area (Å²) in [4.78, 5) is 0. The third kappa shape index (κ3) is 21.8. The van der Waals surface area contributed by atoms with Gasteiger partial charge in [-0.1, -0.05) is 26.7 Å². The fraction of sp³-hybridized carbons (Fsp3) is 1.00. The van der Waals surface area contributed by atoms with Gasteiger partial charge in [0.15, 0.2) is 0 Å². The number of unbranched alkanes of at least 4 members (excludes halogenated alkanes) is 2.